The van der Waals surface area contributed by atoms with Crippen LogP contribution in [-0.4, -0.2) is 23.6 Å². The average Bonchev–Trinajstić information content (AvgIpc) is 3.24. The molecule has 26 heavy (non-hydrogen) atoms. The van der Waals surface area contributed by atoms with Crippen LogP contribution in [0.3, 0.4) is 0 Å². The SMILES string of the molecule is Cc1cc(OCC(=O)O)ccc1NC(=O)C1CC12CCc1ccccc12. The van der Waals surface area contributed by atoms with Crippen molar-refractivity contribution in [2.24, 2.45) is 5.92 Å². The molecule has 2 N–H and O–H groups in total. The van der Waals surface area contributed by atoms with Gasteiger partial charge in [0, 0.05) is 17.0 Å². The number of ether oxygens (including phenoxy) is 1. The Morgan fingerprint density at radius 3 is 2.85 bits per heavy atom. The van der Waals surface area contributed by atoms with Crippen molar-refractivity contribution in [2.75, 3.05) is 11.9 Å². The fraction of sp³-hybridized carbons (Fsp3) is 0.333. The predicted octanol–water partition coefficient (Wildman–Crippen LogP) is 3.30. The number of nitrogens with one attached hydrogen (secondary N) is 1. The Labute approximate surface area is 152 Å². The predicted molar refractivity (Wildman–Crippen MR) is 97.5 cm³/mol. The lowest BCUT2D eigenvalue weighted by Gasteiger charge is -2.13. The molecule has 0 radical (unpaired) electrons. The number of carboxylic acids is 1. The Hall–Kier alpha value is -2.82. The van der Waals surface area contributed by atoms with E-state index in [1.54, 1.807) is 18.2 Å². The second kappa shape index (κ2) is 6.16. The van der Waals surface area contributed by atoms with Crippen LogP contribution in [0.2, 0.25) is 0 Å². The zero-order valence-corrected chi connectivity index (χ0v) is 14.6. The highest BCUT2D eigenvalue weighted by atomic mass is 16.5. The quantitative estimate of drug-likeness (QED) is 0.867. The molecule has 0 aromatic heterocycles. The van der Waals surface area contributed by atoms with Gasteiger partial charge in [0.1, 0.15) is 5.75 Å². The lowest BCUT2D eigenvalue weighted by molar-refractivity contribution is -0.139. The number of benzene rings is 2. The molecule has 1 amide bonds. The van der Waals surface area contributed by atoms with Crippen molar-refractivity contribution >= 4 is 17.6 Å². The van der Waals surface area contributed by atoms with Gasteiger partial charge in [-0.15, -0.1) is 0 Å². The third-order valence-corrected chi connectivity index (χ3v) is 5.60. The average molecular weight is 351 g/mol. The molecule has 2 unspecified atom stereocenters. The minimum atomic E-state index is -1.02. The fourth-order valence-electron chi connectivity index (χ4n) is 4.17. The van der Waals surface area contributed by atoms with E-state index in [0.29, 0.717) is 5.75 Å². The van der Waals surface area contributed by atoms with Gasteiger partial charge in [0.25, 0.3) is 0 Å². The minimum Gasteiger partial charge on any atom is -0.482 e. The summed E-state index contributed by atoms with van der Waals surface area (Å²) < 4.78 is 5.17. The molecule has 2 atom stereocenters. The Balaban J connectivity index is 1.44. The number of anilines is 1. The Morgan fingerprint density at radius 1 is 1.27 bits per heavy atom. The molecule has 2 aliphatic carbocycles. The Morgan fingerprint density at radius 2 is 2.08 bits per heavy atom. The number of carboxylic acid groups (broad SMARTS) is 1. The molecule has 5 nitrogen and oxygen atoms in total. The van der Waals surface area contributed by atoms with Crippen LogP contribution in [0.5, 0.6) is 5.75 Å². The minimum absolute atomic E-state index is 0.0217. The van der Waals surface area contributed by atoms with Gasteiger partial charge in [0.05, 0.1) is 0 Å². The smallest absolute Gasteiger partial charge is 0.341 e. The van der Waals surface area contributed by atoms with Crippen molar-refractivity contribution in [1.29, 1.82) is 0 Å². The van der Waals surface area contributed by atoms with Crippen molar-refractivity contribution < 1.29 is 19.4 Å². The molecule has 0 saturated heterocycles. The van der Waals surface area contributed by atoms with E-state index in [-0.39, 0.29) is 23.8 Å². The maximum atomic E-state index is 12.8. The second-order valence-corrected chi connectivity index (χ2v) is 7.22. The van der Waals surface area contributed by atoms with E-state index in [9.17, 15) is 9.59 Å². The fourth-order valence-corrected chi connectivity index (χ4v) is 4.17. The molecule has 4 rings (SSSR count). The number of hydrogen-bond donors (Lipinski definition) is 2. The molecule has 1 fully saturated rings. The van der Waals surface area contributed by atoms with Gasteiger partial charge in [0.15, 0.2) is 6.61 Å². The highest BCUT2D eigenvalue weighted by Gasteiger charge is 2.61. The Bertz CT molecular complexity index is 891. The van der Waals surface area contributed by atoms with Gasteiger partial charge >= 0.3 is 5.97 Å². The largest absolute Gasteiger partial charge is 0.482 e. The summed E-state index contributed by atoms with van der Waals surface area (Å²) in [6.07, 6.45) is 3.01. The summed E-state index contributed by atoms with van der Waals surface area (Å²) in [5.74, 6) is -0.455. The lowest BCUT2D eigenvalue weighted by Crippen LogP contribution is -2.20. The number of fused-ring (bicyclic) bond motifs is 2. The van der Waals surface area contributed by atoms with Crippen LogP contribution in [-0.2, 0) is 21.4 Å². The van der Waals surface area contributed by atoms with E-state index in [4.69, 9.17) is 9.84 Å². The zero-order valence-electron chi connectivity index (χ0n) is 14.6. The number of aryl methyl sites for hydroxylation is 2. The summed E-state index contributed by atoms with van der Waals surface area (Å²) >= 11 is 0. The highest BCUT2D eigenvalue weighted by molar-refractivity contribution is 5.97. The molecule has 0 bridgehead atoms. The first kappa shape index (κ1) is 16.6. The van der Waals surface area contributed by atoms with E-state index in [1.165, 1.54) is 11.1 Å². The first-order valence-corrected chi connectivity index (χ1v) is 8.84. The molecule has 134 valence electrons. The molecular weight excluding hydrogens is 330 g/mol. The van der Waals surface area contributed by atoms with Gasteiger partial charge < -0.3 is 15.2 Å². The molecule has 0 heterocycles. The van der Waals surface area contributed by atoms with Gasteiger partial charge in [-0.05, 0) is 61.1 Å². The summed E-state index contributed by atoms with van der Waals surface area (Å²) in [6.45, 7) is 1.49. The van der Waals surface area contributed by atoms with Gasteiger partial charge in [-0.2, -0.15) is 0 Å². The number of hydrogen-bond acceptors (Lipinski definition) is 3. The Kier molecular flexibility index (Phi) is 3.94. The molecule has 1 spiro atoms. The summed E-state index contributed by atoms with van der Waals surface area (Å²) in [5.41, 5.74) is 4.33. The zero-order chi connectivity index (χ0) is 18.3. The number of carbonyl (C=O) groups is 2. The van der Waals surface area contributed by atoms with Gasteiger partial charge in [0.2, 0.25) is 5.91 Å². The summed E-state index contributed by atoms with van der Waals surface area (Å²) in [6, 6.07) is 13.6. The normalized spacial score (nSPS) is 22.7. The first-order valence-electron chi connectivity index (χ1n) is 8.84. The van der Waals surface area contributed by atoms with Gasteiger partial charge in [-0.1, -0.05) is 24.3 Å². The summed E-state index contributed by atoms with van der Waals surface area (Å²) in [5, 5.41) is 11.7. The monoisotopic (exact) mass is 351 g/mol. The topological polar surface area (TPSA) is 75.6 Å². The lowest BCUT2D eigenvalue weighted by atomic mass is 9.95. The van der Waals surface area contributed by atoms with Crippen LogP contribution >= 0.6 is 0 Å². The van der Waals surface area contributed by atoms with Gasteiger partial charge in [-0.25, -0.2) is 4.79 Å². The highest BCUT2D eigenvalue weighted by Crippen LogP contribution is 2.61. The van der Waals surface area contributed by atoms with Crippen LogP contribution in [0.1, 0.15) is 29.5 Å². The molecule has 2 aliphatic rings. The van der Waals surface area contributed by atoms with E-state index in [2.05, 4.69) is 29.6 Å². The van der Waals surface area contributed by atoms with Crippen molar-refractivity contribution in [3.05, 3.63) is 59.2 Å². The van der Waals surface area contributed by atoms with Crippen LogP contribution in [0.25, 0.3) is 0 Å². The number of aliphatic carboxylic acids is 1. The summed E-state index contributed by atoms with van der Waals surface area (Å²) in [7, 11) is 0. The van der Waals surface area contributed by atoms with E-state index < -0.39 is 5.97 Å². The first-order chi connectivity index (χ1) is 12.5. The van der Waals surface area contributed by atoms with E-state index in [1.807, 2.05) is 6.92 Å². The van der Waals surface area contributed by atoms with Crippen molar-refractivity contribution in [1.82, 2.24) is 0 Å². The molecular formula is C21H21NO4. The molecule has 2 aromatic rings. The maximum Gasteiger partial charge on any atom is 0.341 e. The molecule has 1 saturated carbocycles. The van der Waals surface area contributed by atoms with Crippen LogP contribution < -0.4 is 10.1 Å². The van der Waals surface area contributed by atoms with Crippen LogP contribution in [0.15, 0.2) is 42.5 Å². The standard InChI is InChI=1S/C21H21NO4/c1-13-10-15(26-12-19(23)24)6-7-18(13)22-20(25)17-11-21(17)9-8-14-4-2-3-5-16(14)21/h2-7,10,17H,8-9,11-12H2,1H3,(H,22,25)(H,23,24). The number of rotatable bonds is 5. The third-order valence-electron chi connectivity index (χ3n) is 5.60. The third kappa shape index (κ3) is 2.83. The van der Waals surface area contributed by atoms with E-state index in [0.717, 1.165) is 30.5 Å². The van der Waals surface area contributed by atoms with E-state index >= 15 is 0 Å². The van der Waals surface area contributed by atoms with Crippen molar-refractivity contribution in [3.8, 4) is 5.75 Å². The number of amides is 1. The maximum absolute atomic E-state index is 12.8. The van der Waals surface area contributed by atoms with Crippen molar-refractivity contribution in [3.63, 3.8) is 0 Å². The van der Waals surface area contributed by atoms with Crippen LogP contribution in [0, 0.1) is 12.8 Å². The molecule has 2 aromatic carbocycles. The second-order valence-electron chi connectivity index (χ2n) is 7.22. The molecule has 0 aliphatic heterocycles. The van der Waals surface area contributed by atoms with Gasteiger partial charge in [-0.3, -0.25) is 4.79 Å². The molecule has 5 heteroatoms. The van der Waals surface area contributed by atoms with Crippen LogP contribution in [0.4, 0.5) is 5.69 Å². The van der Waals surface area contributed by atoms with Crippen molar-refractivity contribution in [2.45, 2.75) is 31.6 Å². The number of carbonyl (C=O) groups excluding carboxylic acids is 1. The summed E-state index contributed by atoms with van der Waals surface area (Å²) in [4.78, 5) is 23.4.